The molecule has 1 aromatic carbocycles. The maximum Gasteiger partial charge on any atom is 0.332 e. The summed E-state index contributed by atoms with van der Waals surface area (Å²) in [6.45, 7) is 1.83. The van der Waals surface area contributed by atoms with Crippen LogP contribution in [0.5, 0.6) is 0 Å². The minimum absolute atomic E-state index is 0.142. The van der Waals surface area contributed by atoms with Gasteiger partial charge >= 0.3 is 11.7 Å². The van der Waals surface area contributed by atoms with E-state index in [1.165, 1.54) is 54.1 Å². The van der Waals surface area contributed by atoms with Crippen molar-refractivity contribution in [2.24, 2.45) is 17.8 Å². The standard InChI is InChI=1S/C31H40I3N3O4/c1-2-41-28(38)18-35-27-9-4-3-8-26(27)29(39)37(30(35)40)25-15-22-6-5-7-23(16-25)36(22)24-13-19-10-20(14-24)12-21(11-19)17-31(32,33)34/h3-4,8-9,19-25H,2,5-7,10-18H2,1H3. The van der Waals surface area contributed by atoms with Gasteiger partial charge in [-0.15, -0.1) is 0 Å². The Labute approximate surface area is 282 Å². The second-order valence-electron chi connectivity index (χ2n) is 12.9. The van der Waals surface area contributed by atoms with Crippen molar-refractivity contribution in [3.63, 3.8) is 0 Å². The van der Waals surface area contributed by atoms with Gasteiger partial charge in [0.1, 0.15) is 5.98 Å². The van der Waals surface area contributed by atoms with Crippen LogP contribution in [-0.4, -0.2) is 44.2 Å². The van der Waals surface area contributed by atoms with Crippen molar-refractivity contribution in [3.05, 3.63) is 45.1 Å². The summed E-state index contributed by atoms with van der Waals surface area (Å²) >= 11 is 7.80. The van der Waals surface area contributed by atoms with E-state index in [0.29, 0.717) is 28.5 Å². The summed E-state index contributed by atoms with van der Waals surface area (Å²) in [5.74, 6) is 2.07. The molecular weight excluding hydrogens is 859 g/mol. The van der Waals surface area contributed by atoms with Crippen LogP contribution < -0.4 is 11.2 Å². The molecule has 6 rings (SSSR count). The number of ether oxygens (including phenoxy) is 1. The molecule has 10 heteroatoms. The Bertz CT molecular complexity index is 1370. The Kier molecular flexibility index (Phi) is 9.50. The molecule has 2 aliphatic heterocycles. The van der Waals surface area contributed by atoms with E-state index in [-0.39, 0.29) is 30.4 Å². The van der Waals surface area contributed by atoms with Crippen molar-refractivity contribution in [1.29, 1.82) is 0 Å². The fourth-order valence-corrected chi connectivity index (χ4v) is 10.9. The molecule has 0 N–H and O–H groups in total. The van der Waals surface area contributed by atoms with Gasteiger partial charge in [-0.3, -0.25) is 23.6 Å². The molecule has 0 spiro atoms. The third-order valence-corrected chi connectivity index (χ3v) is 11.5. The van der Waals surface area contributed by atoms with Crippen LogP contribution in [0.4, 0.5) is 0 Å². The summed E-state index contributed by atoms with van der Waals surface area (Å²) < 4.78 is 8.44. The molecule has 1 aromatic heterocycles. The molecule has 2 saturated heterocycles. The number of piperidine rings is 2. The van der Waals surface area contributed by atoms with E-state index in [4.69, 9.17) is 4.74 Å². The second kappa shape index (κ2) is 12.6. The number of hydrogen-bond donors (Lipinski definition) is 0. The molecule has 2 saturated carbocycles. The quantitative estimate of drug-likeness (QED) is 0.173. The zero-order chi connectivity index (χ0) is 28.9. The number of carbonyl (C=O) groups excluding carboxylic acids is 1. The number of aromatic nitrogens is 2. The van der Waals surface area contributed by atoms with Crippen molar-refractivity contribution in [3.8, 4) is 0 Å². The van der Waals surface area contributed by atoms with Crippen molar-refractivity contribution in [1.82, 2.24) is 14.0 Å². The Balaban J connectivity index is 1.25. The third kappa shape index (κ3) is 6.60. The summed E-state index contributed by atoms with van der Waals surface area (Å²) in [6.07, 6.45) is 13.3. The number of fused-ring (bicyclic) bond motifs is 5. The minimum atomic E-state index is -0.456. The van der Waals surface area contributed by atoms with Gasteiger partial charge in [0, 0.05) is 24.2 Å². The van der Waals surface area contributed by atoms with Gasteiger partial charge in [0.15, 0.2) is 0 Å². The number of para-hydroxylation sites is 1. The van der Waals surface area contributed by atoms with Crippen molar-refractivity contribution in [2.45, 2.75) is 108 Å². The molecule has 224 valence electrons. The zero-order valence-electron chi connectivity index (χ0n) is 23.7. The molecule has 41 heavy (non-hydrogen) atoms. The van der Waals surface area contributed by atoms with Crippen LogP contribution in [-0.2, 0) is 16.1 Å². The first-order chi connectivity index (χ1) is 19.6. The first-order valence-electron chi connectivity index (χ1n) is 15.3. The van der Waals surface area contributed by atoms with Crippen LogP contribution in [0.3, 0.4) is 0 Å². The van der Waals surface area contributed by atoms with Crippen molar-refractivity contribution < 1.29 is 9.53 Å². The number of hydrogen-bond acceptors (Lipinski definition) is 5. The normalized spacial score (nSPS) is 32.1. The average molecular weight is 899 g/mol. The van der Waals surface area contributed by atoms with Gasteiger partial charge in [-0.05, 0) is 101 Å². The number of carbonyl (C=O) groups is 1. The molecule has 7 nitrogen and oxygen atoms in total. The summed E-state index contributed by atoms with van der Waals surface area (Å²) in [6, 6.07) is 8.48. The van der Waals surface area contributed by atoms with Gasteiger partial charge in [-0.25, -0.2) is 4.79 Å². The van der Waals surface area contributed by atoms with Crippen LogP contribution in [0.2, 0.25) is 0 Å². The Morgan fingerprint density at radius 1 is 0.902 bits per heavy atom. The Morgan fingerprint density at radius 3 is 2.20 bits per heavy atom. The largest absolute Gasteiger partial charge is 0.465 e. The summed E-state index contributed by atoms with van der Waals surface area (Å²) in [5.41, 5.74) is -0.104. The van der Waals surface area contributed by atoms with E-state index in [9.17, 15) is 14.4 Å². The van der Waals surface area contributed by atoms with E-state index in [1.807, 2.05) is 6.07 Å². The predicted octanol–water partition coefficient (Wildman–Crippen LogP) is 6.83. The van der Waals surface area contributed by atoms with Crippen molar-refractivity contribution >= 4 is 84.6 Å². The van der Waals surface area contributed by atoms with E-state index in [0.717, 1.165) is 43.4 Å². The Hall–Kier alpha value is -0.220. The minimum Gasteiger partial charge on any atom is -0.465 e. The average Bonchev–Trinajstić information content (AvgIpc) is 2.89. The van der Waals surface area contributed by atoms with Crippen LogP contribution >= 0.6 is 67.8 Å². The lowest BCUT2D eigenvalue weighted by molar-refractivity contribution is -0.143. The summed E-state index contributed by atoms with van der Waals surface area (Å²) in [5, 5.41) is 0.493. The van der Waals surface area contributed by atoms with Crippen LogP contribution in [0.25, 0.3) is 10.9 Å². The monoisotopic (exact) mass is 899 g/mol. The van der Waals surface area contributed by atoms with Crippen LogP contribution in [0, 0.1) is 17.8 Å². The highest BCUT2D eigenvalue weighted by molar-refractivity contribution is 14.3. The number of esters is 1. The number of benzene rings is 1. The van der Waals surface area contributed by atoms with E-state index in [1.54, 1.807) is 25.1 Å². The van der Waals surface area contributed by atoms with Gasteiger partial charge in [-0.1, -0.05) is 86.3 Å². The van der Waals surface area contributed by atoms with Crippen LogP contribution in [0.1, 0.15) is 83.6 Å². The van der Waals surface area contributed by atoms with Gasteiger partial charge in [0.2, 0.25) is 0 Å². The molecule has 4 unspecified atom stereocenters. The SMILES string of the molecule is CCOC(=O)Cn1c(=O)n(C2CC3CCCC(C2)N3C2CC3CC(CC(CC(I)(I)I)C3)C2)c(=O)c2ccccc21. The number of alkyl halides is 3. The highest BCUT2D eigenvalue weighted by Gasteiger charge is 2.47. The Morgan fingerprint density at radius 2 is 1.56 bits per heavy atom. The maximum absolute atomic E-state index is 13.9. The first kappa shape index (κ1) is 30.8. The van der Waals surface area contributed by atoms with E-state index >= 15 is 0 Å². The van der Waals surface area contributed by atoms with Crippen molar-refractivity contribution in [2.75, 3.05) is 6.61 Å². The predicted molar refractivity (Wildman–Crippen MR) is 187 cm³/mol. The van der Waals surface area contributed by atoms with E-state index in [2.05, 4.69) is 72.7 Å². The topological polar surface area (TPSA) is 73.5 Å². The molecule has 0 radical (unpaired) electrons. The first-order valence-corrected chi connectivity index (χ1v) is 18.6. The van der Waals surface area contributed by atoms with Gasteiger partial charge in [0.25, 0.3) is 5.56 Å². The highest BCUT2D eigenvalue weighted by Crippen LogP contribution is 2.52. The molecule has 4 fully saturated rings. The number of rotatable bonds is 7. The molecule has 2 aliphatic carbocycles. The molecule has 0 amide bonds. The zero-order valence-corrected chi connectivity index (χ0v) is 30.1. The lowest BCUT2D eigenvalue weighted by Gasteiger charge is -2.56. The lowest BCUT2D eigenvalue weighted by Crippen LogP contribution is -2.59. The van der Waals surface area contributed by atoms with Crippen LogP contribution in [0.15, 0.2) is 33.9 Å². The number of nitrogens with zero attached hydrogens (tertiary/aromatic N) is 3. The highest BCUT2D eigenvalue weighted by atomic mass is 127. The maximum atomic E-state index is 13.9. The fourth-order valence-electron chi connectivity index (χ4n) is 9.04. The van der Waals surface area contributed by atoms with Gasteiger partial charge in [0.05, 0.1) is 17.5 Å². The molecular formula is C31H40I3N3O4. The van der Waals surface area contributed by atoms with Gasteiger partial charge < -0.3 is 4.74 Å². The lowest BCUT2D eigenvalue weighted by atomic mass is 9.64. The number of halogens is 3. The van der Waals surface area contributed by atoms with E-state index < -0.39 is 5.97 Å². The molecule has 3 heterocycles. The molecule has 2 aromatic rings. The molecule has 4 aliphatic rings. The summed E-state index contributed by atoms with van der Waals surface area (Å²) in [7, 11) is 0. The fraction of sp³-hybridized carbons (Fsp3) is 0.710. The smallest absolute Gasteiger partial charge is 0.332 e. The molecule has 4 bridgehead atoms. The summed E-state index contributed by atoms with van der Waals surface area (Å²) in [4.78, 5) is 43.0. The molecule has 4 atom stereocenters. The van der Waals surface area contributed by atoms with Gasteiger partial charge in [-0.2, -0.15) is 0 Å². The second-order valence-corrected chi connectivity index (χ2v) is 24.6. The third-order valence-electron chi connectivity index (χ3n) is 10.2.